The first-order valence-electron chi connectivity index (χ1n) is 5.07. The van der Waals surface area contributed by atoms with Crippen molar-refractivity contribution in [2.24, 2.45) is 0 Å². The first-order chi connectivity index (χ1) is 7.29. The molecule has 1 aromatic rings. The Hall–Kier alpha value is -1.35. The molecule has 0 atom stereocenters. The third-order valence-corrected chi connectivity index (χ3v) is 2.96. The standard InChI is InChI=1S/C12H15NO2/c1-15-8-12(13-9-14)6-10-4-2-3-5-11(10)7-12/h2-5,9H,6-8H2,1H3,(H,13,14). The molecule has 2 rings (SSSR count). The summed E-state index contributed by atoms with van der Waals surface area (Å²) >= 11 is 0. The van der Waals surface area contributed by atoms with E-state index in [1.165, 1.54) is 11.1 Å². The fraction of sp³-hybridized carbons (Fsp3) is 0.417. The minimum atomic E-state index is -0.236. The van der Waals surface area contributed by atoms with Crippen LogP contribution in [0, 0.1) is 0 Å². The minimum absolute atomic E-state index is 0.236. The lowest BCUT2D eigenvalue weighted by Gasteiger charge is -2.27. The van der Waals surface area contributed by atoms with Crippen molar-refractivity contribution in [2.45, 2.75) is 18.4 Å². The summed E-state index contributed by atoms with van der Waals surface area (Å²) in [7, 11) is 1.66. The van der Waals surface area contributed by atoms with Crippen molar-refractivity contribution >= 4 is 6.41 Å². The number of nitrogens with one attached hydrogen (secondary N) is 1. The summed E-state index contributed by atoms with van der Waals surface area (Å²) in [5.74, 6) is 0. The predicted octanol–water partition coefficient (Wildman–Crippen LogP) is 0.916. The number of hydrogen-bond acceptors (Lipinski definition) is 2. The SMILES string of the molecule is COCC1(NC=O)Cc2ccccc2C1. The van der Waals surface area contributed by atoms with Crippen LogP contribution in [0.1, 0.15) is 11.1 Å². The molecule has 0 fully saturated rings. The maximum Gasteiger partial charge on any atom is 0.207 e. The molecule has 1 aromatic carbocycles. The summed E-state index contributed by atoms with van der Waals surface area (Å²) in [4.78, 5) is 10.6. The Bertz CT molecular complexity index is 337. The van der Waals surface area contributed by atoms with Crippen molar-refractivity contribution in [3.05, 3.63) is 35.4 Å². The van der Waals surface area contributed by atoms with Crippen LogP contribution in [-0.2, 0) is 22.4 Å². The number of hydrogen-bond donors (Lipinski definition) is 1. The molecule has 1 amide bonds. The van der Waals surface area contributed by atoms with Crippen LogP contribution < -0.4 is 5.32 Å². The molecule has 0 heterocycles. The van der Waals surface area contributed by atoms with E-state index in [4.69, 9.17) is 4.74 Å². The van der Waals surface area contributed by atoms with Crippen LogP contribution in [0.2, 0.25) is 0 Å². The predicted molar refractivity (Wildman–Crippen MR) is 57.7 cm³/mol. The average Bonchev–Trinajstić information content (AvgIpc) is 2.56. The Morgan fingerprint density at radius 2 is 2.00 bits per heavy atom. The number of benzene rings is 1. The molecule has 0 bridgehead atoms. The van der Waals surface area contributed by atoms with Gasteiger partial charge in [-0.2, -0.15) is 0 Å². The second-order valence-electron chi connectivity index (χ2n) is 4.10. The summed E-state index contributed by atoms with van der Waals surface area (Å²) in [6.07, 6.45) is 2.48. The Morgan fingerprint density at radius 1 is 1.40 bits per heavy atom. The highest BCUT2D eigenvalue weighted by molar-refractivity contribution is 5.50. The normalized spacial score (nSPS) is 17.1. The molecular weight excluding hydrogens is 190 g/mol. The van der Waals surface area contributed by atoms with Crippen molar-refractivity contribution in [3.8, 4) is 0 Å². The molecule has 0 aromatic heterocycles. The molecule has 0 radical (unpaired) electrons. The molecule has 3 nitrogen and oxygen atoms in total. The second kappa shape index (κ2) is 4.03. The summed E-state index contributed by atoms with van der Waals surface area (Å²) < 4.78 is 5.19. The Balaban J connectivity index is 2.23. The first kappa shape index (κ1) is 10.2. The van der Waals surface area contributed by atoms with E-state index in [9.17, 15) is 4.79 Å². The number of amides is 1. The lowest BCUT2D eigenvalue weighted by molar-refractivity contribution is -0.111. The molecule has 0 saturated heterocycles. The summed E-state index contributed by atoms with van der Waals surface area (Å²) in [5.41, 5.74) is 2.38. The minimum Gasteiger partial charge on any atom is -0.382 e. The number of carbonyl (C=O) groups excluding carboxylic acids is 1. The van der Waals surface area contributed by atoms with Crippen molar-refractivity contribution in [3.63, 3.8) is 0 Å². The zero-order chi connectivity index (χ0) is 10.7. The smallest absolute Gasteiger partial charge is 0.207 e. The van der Waals surface area contributed by atoms with Gasteiger partial charge in [0.2, 0.25) is 6.41 Å². The Labute approximate surface area is 89.4 Å². The van der Waals surface area contributed by atoms with E-state index in [1.54, 1.807) is 7.11 Å². The zero-order valence-corrected chi connectivity index (χ0v) is 8.82. The third kappa shape index (κ3) is 1.88. The molecule has 1 aliphatic carbocycles. The molecule has 0 unspecified atom stereocenters. The topological polar surface area (TPSA) is 38.3 Å². The van der Waals surface area contributed by atoms with Crippen molar-refractivity contribution in [1.82, 2.24) is 5.32 Å². The summed E-state index contributed by atoms with van der Waals surface area (Å²) in [6, 6.07) is 8.28. The summed E-state index contributed by atoms with van der Waals surface area (Å²) in [6.45, 7) is 0.556. The van der Waals surface area contributed by atoms with Gasteiger partial charge in [-0.15, -0.1) is 0 Å². The first-order valence-corrected chi connectivity index (χ1v) is 5.07. The fourth-order valence-corrected chi connectivity index (χ4v) is 2.34. The van der Waals surface area contributed by atoms with Crippen LogP contribution in [0.25, 0.3) is 0 Å². The lowest BCUT2D eigenvalue weighted by atomic mass is 9.97. The van der Waals surface area contributed by atoms with Crippen LogP contribution in [0.3, 0.4) is 0 Å². The lowest BCUT2D eigenvalue weighted by Crippen LogP contribution is -2.49. The molecule has 1 N–H and O–H groups in total. The highest BCUT2D eigenvalue weighted by Gasteiger charge is 2.36. The highest BCUT2D eigenvalue weighted by Crippen LogP contribution is 2.29. The van der Waals surface area contributed by atoms with E-state index >= 15 is 0 Å². The third-order valence-electron chi connectivity index (χ3n) is 2.96. The largest absolute Gasteiger partial charge is 0.382 e. The van der Waals surface area contributed by atoms with Gasteiger partial charge in [0.05, 0.1) is 12.1 Å². The van der Waals surface area contributed by atoms with Gasteiger partial charge in [-0.25, -0.2) is 0 Å². The van der Waals surface area contributed by atoms with Crippen LogP contribution >= 0.6 is 0 Å². The van der Waals surface area contributed by atoms with Gasteiger partial charge in [-0.05, 0) is 24.0 Å². The van der Waals surface area contributed by atoms with Crippen molar-refractivity contribution in [1.29, 1.82) is 0 Å². The van der Waals surface area contributed by atoms with E-state index in [-0.39, 0.29) is 5.54 Å². The Kier molecular flexibility index (Phi) is 2.73. The van der Waals surface area contributed by atoms with Crippen LogP contribution in [-0.4, -0.2) is 25.7 Å². The molecule has 3 heteroatoms. The highest BCUT2D eigenvalue weighted by atomic mass is 16.5. The van der Waals surface area contributed by atoms with Crippen LogP contribution in [0.4, 0.5) is 0 Å². The van der Waals surface area contributed by atoms with Crippen molar-refractivity contribution < 1.29 is 9.53 Å². The van der Waals surface area contributed by atoms with Gasteiger partial charge >= 0.3 is 0 Å². The molecular formula is C12H15NO2. The van der Waals surface area contributed by atoms with Gasteiger partial charge in [-0.1, -0.05) is 24.3 Å². The van der Waals surface area contributed by atoms with Gasteiger partial charge in [0, 0.05) is 7.11 Å². The van der Waals surface area contributed by atoms with E-state index in [0.717, 1.165) is 19.3 Å². The zero-order valence-electron chi connectivity index (χ0n) is 8.82. The molecule has 0 aliphatic heterocycles. The maximum absolute atomic E-state index is 10.6. The molecule has 80 valence electrons. The number of fused-ring (bicyclic) bond motifs is 1. The molecule has 0 spiro atoms. The maximum atomic E-state index is 10.6. The molecule has 1 aliphatic rings. The quantitative estimate of drug-likeness (QED) is 0.742. The molecule has 15 heavy (non-hydrogen) atoms. The van der Waals surface area contributed by atoms with Gasteiger partial charge < -0.3 is 10.1 Å². The summed E-state index contributed by atoms with van der Waals surface area (Å²) in [5, 5.41) is 2.90. The van der Waals surface area contributed by atoms with Crippen molar-refractivity contribution in [2.75, 3.05) is 13.7 Å². The van der Waals surface area contributed by atoms with Gasteiger partial charge in [-0.3, -0.25) is 4.79 Å². The van der Waals surface area contributed by atoms with Gasteiger partial charge in [0.25, 0.3) is 0 Å². The van der Waals surface area contributed by atoms with E-state index < -0.39 is 0 Å². The fourth-order valence-electron chi connectivity index (χ4n) is 2.34. The van der Waals surface area contributed by atoms with Gasteiger partial charge in [0.1, 0.15) is 0 Å². The van der Waals surface area contributed by atoms with Gasteiger partial charge in [0.15, 0.2) is 0 Å². The number of ether oxygens (including phenoxy) is 1. The van der Waals surface area contributed by atoms with Crippen LogP contribution in [0.15, 0.2) is 24.3 Å². The van der Waals surface area contributed by atoms with E-state index in [0.29, 0.717) is 6.61 Å². The molecule has 0 saturated carbocycles. The van der Waals surface area contributed by atoms with E-state index in [1.807, 2.05) is 12.1 Å². The number of methoxy groups -OCH3 is 1. The second-order valence-corrected chi connectivity index (χ2v) is 4.10. The average molecular weight is 205 g/mol. The van der Waals surface area contributed by atoms with E-state index in [2.05, 4.69) is 17.4 Å². The number of carbonyl (C=O) groups is 1. The Morgan fingerprint density at radius 3 is 2.47 bits per heavy atom. The van der Waals surface area contributed by atoms with Crippen LogP contribution in [0.5, 0.6) is 0 Å². The number of rotatable bonds is 4. The monoisotopic (exact) mass is 205 g/mol.